The van der Waals surface area contributed by atoms with Crippen LogP contribution >= 0.6 is 22.9 Å². The van der Waals surface area contributed by atoms with Gasteiger partial charge in [0, 0.05) is 30.5 Å². The first-order chi connectivity index (χ1) is 10.1. The molecule has 0 aromatic carbocycles. The van der Waals surface area contributed by atoms with E-state index < -0.39 is 0 Å². The van der Waals surface area contributed by atoms with Gasteiger partial charge in [-0.1, -0.05) is 11.6 Å². The highest BCUT2D eigenvalue weighted by molar-refractivity contribution is 7.16. The maximum absolute atomic E-state index is 6.01. The van der Waals surface area contributed by atoms with Crippen LogP contribution in [0.25, 0.3) is 0 Å². The summed E-state index contributed by atoms with van der Waals surface area (Å²) in [6.45, 7) is 2.87. The van der Waals surface area contributed by atoms with Gasteiger partial charge >= 0.3 is 0 Å². The molecule has 1 fully saturated rings. The fourth-order valence-electron chi connectivity index (χ4n) is 2.41. The molecule has 0 radical (unpaired) electrons. The average Bonchev–Trinajstić information content (AvgIpc) is 3.23. The third kappa shape index (κ3) is 3.14. The van der Waals surface area contributed by atoms with Gasteiger partial charge in [-0.25, -0.2) is 9.97 Å². The van der Waals surface area contributed by atoms with Crippen molar-refractivity contribution in [1.29, 1.82) is 0 Å². The van der Waals surface area contributed by atoms with Crippen LogP contribution in [0.15, 0.2) is 12.1 Å². The van der Waals surface area contributed by atoms with E-state index in [9.17, 15) is 0 Å². The molecule has 1 N–H and O–H groups in total. The molecule has 1 aliphatic rings. The van der Waals surface area contributed by atoms with Crippen molar-refractivity contribution in [3.63, 3.8) is 0 Å². The smallest absolute Gasteiger partial charge is 0.137 e. The quantitative estimate of drug-likeness (QED) is 0.901. The highest BCUT2D eigenvalue weighted by Gasteiger charge is 2.28. The van der Waals surface area contributed by atoms with Gasteiger partial charge in [-0.3, -0.25) is 0 Å². The van der Waals surface area contributed by atoms with Crippen LogP contribution in [-0.2, 0) is 6.54 Å². The molecule has 112 valence electrons. The zero-order valence-corrected chi connectivity index (χ0v) is 14.1. The predicted octanol–water partition coefficient (Wildman–Crippen LogP) is 4.06. The van der Waals surface area contributed by atoms with E-state index in [1.54, 1.807) is 11.3 Å². The standard InChI is InChI=1S/C15H19ClN4S/c1-9-13(17-2)18-14(10-4-5-10)19-15(9)20(3)8-11-6-7-12(16)21-11/h6-7,10H,4-5,8H2,1-3H3,(H,17,18,19). The predicted molar refractivity (Wildman–Crippen MR) is 89.7 cm³/mol. The van der Waals surface area contributed by atoms with E-state index in [4.69, 9.17) is 16.6 Å². The molecule has 0 unspecified atom stereocenters. The first-order valence-electron chi connectivity index (χ1n) is 7.10. The second kappa shape index (κ2) is 5.81. The van der Waals surface area contributed by atoms with Gasteiger partial charge in [-0.05, 0) is 31.9 Å². The van der Waals surface area contributed by atoms with Crippen molar-refractivity contribution in [2.45, 2.75) is 32.2 Å². The summed E-state index contributed by atoms with van der Waals surface area (Å²) in [5.74, 6) is 3.44. The number of aromatic nitrogens is 2. The Bertz CT molecular complexity index is 651. The lowest BCUT2D eigenvalue weighted by molar-refractivity contribution is 0.853. The molecule has 0 atom stereocenters. The largest absolute Gasteiger partial charge is 0.373 e. The molecular weight excluding hydrogens is 304 g/mol. The lowest BCUT2D eigenvalue weighted by Crippen LogP contribution is -2.20. The second-order valence-electron chi connectivity index (χ2n) is 5.47. The van der Waals surface area contributed by atoms with Crippen molar-refractivity contribution in [1.82, 2.24) is 9.97 Å². The van der Waals surface area contributed by atoms with Crippen LogP contribution in [0.1, 0.15) is 35.0 Å². The first-order valence-corrected chi connectivity index (χ1v) is 8.29. The Balaban J connectivity index is 1.90. The van der Waals surface area contributed by atoms with Crippen molar-refractivity contribution in [2.24, 2.45) is 0 Å². The summed E-state index contributed by atoms with van der Waals surface area (Å²) in [6, 6.07) is 4.01. The van der Waals surface area contributed by atoms with Gasteiger partial charge in [0.25, 0.3) is 0 Å². The molecule has 0 aliphatic heterocycles. The highest BCUT2D eigenvalue weighted by atomic mass is 35.5. The maximum Gasteiger partial charge on any atom is 0.137 e. The van der Waals surface area contributed by atoms with E-state index in [-0.39, 0.29) is 0 Å². The van der Waals surface area contributed by atoms with Gasteiger partial charge in [-0.2, -0.15) is 0 Å². The Morgan fingerprint density at radius 2 is 2.14 bits per heavy atom. The number of anilines is 2. The number of nitrogens with one attached hydrogen (secondary N) is 1. The highest BCUT2D eigenvalue weighted by Crippen LogP contribution is 2.40. The van der Waals surface area contributed by atoms with Crippen LogP contribution in [0, 0.1) is 6.92 Å². The number of hydrogen-bond acceptors (Lipinski definition) is 5. The lowest BCUT2D eigenvalue weighted by atomic mass is 10.2. The Hall–Kier alpha value is -1.33. The van der Waals surface area contributed by atoms with E-state index in [1.165, 1.54) is 17.7 Å². The fourth-order valence-corrected chi connectivity index (χ4v) is 3.55. The van der Waals surface area contributed by atoms with Gasteiger partial charge in [-0.15, -0.1) is 11.3 Å². The molecule has 1 aliphatic carbocycles. The second-order valence-corrected chi connectivity index (χ2v) is 7.26. The van der Waals surface area contributed by atoms with Crippen molar-refractivity contribution in [2.75, 3.05) is 24.3 Å². The molecule has 0 amide bonds. The Morgan fingerprint density at radius 3 is 2.71 bits per heavy atom. The van der Waals surface area contributed by atoms with Gasteiger partial charge in [0.05, 0.1) is 10.9 Å². The minimum absolute atomic E-state index is 0.543. The van der Waals surface area contributed by atoms with Crippen molar-refractivity contribution in [3.8, 4) is 0 Å². The lowest BCUT2D eigenvalue weighted by Gasteiger charge is -2.21. The topological polar surface area (TPSA) is 41.1 Å². The van der Waals surface area contributed by atoms with Crippen molar-refractivity contribution in [3.05, 3.63) is 32.7 Å². The van der Waals surface area contributed by atoms with Gasteiger partial charge in [0.2, 0.25) is 0 Å². The summed E-state index contributed by atoms with van der Waals surface area (Å²) in [7, 11) is 3.98. The summed E-state index contributed by atoms with van der Waals surface area (Å²) >= 11 is 7.62. The first kappa shape index (κ1) is 14.6. The molecule has 1 saturated carbocycles. The molecule has 21 heavy (non-hydrogen) atoms. The number of hydrogen-bond donors (Lipinski definition) is 1. The summed E-state index contributed by atoms with van der Waals surface area (Å²) in [5, 5.41) is 3.19. The average molecular weight is 323 g/mol. The molecule has 6 heteroatoms. The third-order valence-electron chi connectivity index (χ3n) is 3.70. The van der Waals surface area contributed by atoms with Gasteiger partial charge in [0.15, 0.2) is 0 Å². The number of thiophene rings is 1. The Morgan fingerprint density at radius 1 is 1.38 bits per heavy atom. The minimum Gasteiger partial charge on any atom is -0.373 e. The van der Waals surface area contributed by atoms with Crippen molar-refractivity contribution >= 4 is 34.6 Å². The zero-order valence-electron chi connectivity index (χ0n) is 12.5. The van der Waals surface area contributed by atoms with Crippen LogP contribution < -0.4 is 10.2 Å². The number of halogens is 1. The molecule has 2 aromatic rings. The molecular formula is C15H19ClN4S. The molecule has 2 aromatic heterocycles. The Kier molecular flexibility index (Phi) is 4.04. The van der Waals surface area contributed by atoms with Crippen LogP contribution in [-0.4, -0.2) is 24.1 Å². The Labute approximate surface area is 134 Å². The molecule has 3 rings (SSSR count). The van der Waals surface area contributed by atoms with Gasteiger partial charge < -0.3 is 10.2 Å². The monoisotopic (exact) mass is 322 g/mol. The maximum atomic E-state index is 6.01. The van der Waals surface area contributed by atoms with E-state index in [1.807, 2.05) is 13.1 Å². The summed E-state index contributed by atoms with van der Waals surface area (Å²) in [6.07, 6.45) is 2.41. The molecule has 0 bridgehead atoms. The minimum atomic E-state index is 0.543. The fraction of sp³-hybridized carbons (Fsp3) is 0.467. The normalized spacial score (nSPS) is 14.3. The zero-order chi connectivity index (χ0) is 15.0. The van der Waals surface area contributed by atoms with Crippen LogP contribution in [0.2, 0.25) is 4.34 Å². The van der Waals surface area contributed by atoms with E-state index in [0.717, 1.165) is 33.9 Å². The molecule has 0 spiro atoms. The van der Waals surface area contributed by atoms with E-state index in [0.29, 0.717) is 5.92 Å². The van der Waals surface area contributed by atoms with Crippen LogP contribution in [0.5, 0.6) is 0 Å². The molecule has 2 heterocycles. The van der Waals surface area contributed by atoms with E-state index in [2.05, 4.69) is 35.2 Å². The van der Waals surface area contributed by atoms with Gasteiger partial charge in [0.1, 0.15) is 17.5 Å². The van der Waals surface area contributed by atoms with Crippen LogP contribution in [0.4, 0.5) is 11.6 Å². The summed E-state index contributed by atoms with van der Waals surface area (Å²) in [5.41, 5.74) is 1.09. The number of rotatable bonds is 5. The SMILES string of the molecule is CNc1nc(C2CC2)nc(N(C)Cc2ccc(Cl)s2)c1C. The molecule has 0 saturated heterocycles. The third-order valence-corrected chi connectivity index (χ3v) is 4.92. The summed E-state index contributed by atoms with van der Waals surface area (Å²) in [4.78, 5) is 12.8. The summed E-state index contributed by atoms with van der Waals surface area (Å²) < 4.78 is 0.826. The van der Waals surface area contributed by atoms with Crippen molar-refractivity contribution < 1.29 is 0 Å². The molecule has 4 nitrogen and oxygen atoms in total. The number of nitrogens with zero attached hydrogens (tertiary/aromatic N) is 3. The van der Waals surface area contributed by atoms with E-state index >= 15 is 0 Å². The van der Waals surface area contributed by atoms with Crippen LogP contribution in [0.3, 0.4) is 0 Å².